The van der Waals surface area contributed by atoms with Gasteiger partial charge in [-0.2, -0.15) is 0 Å². The predicted octanol–water partition coefficient (Wildman–Crippen LogP) is 4.38. The molecule has 2 aromatic rings. The van der Waals surface area contributed by atoms with Crippen molar-refractivity contribution in [3.63, 3.8) is 0 Å². The summed E-state index contributed by atoms with van der Waals surface area (Å²) in [5.74, 6) is -0.198. The highest BCUT2D eigenvalue weighted by Crippen LogP contribution is 2.12. The van der Waals surface area contributed by atoms with Gasteiger partial charge in [-0.3, -0.25) is 9.59 Å². The molecular weight excluding hydrogens is 324 g/mol. The number of anilines is 1. The lowest BCUT2D eigenvalue weighted by Gasteiger charge is -2.18. The van der Waals surface area contributed by atoms with Crippen LogP contribution >= 0.6 is 0 Å². The van der Waals surface area contributed by atoms with E-state index in [1.54, 1.807) is 35.2 Å². The summed E-state index contributed by atoms with van der Waals surface area (Å²) in [7, 11) is 0. The number of aryl methyl sites for hydroxylation is 1. The lowest BCUT2D eigenvalue weighted by Crippen LogP contribution is -2.30. The number of nitrogens with zero attached hydrogens (tertiary/aromatic N) is 1. The Morgan fingerprint density at radius 2 is 1.54 bits per heavy atom. The van der Waals surface area contributed by atoms with Crippen molar-refractivity contribution in [2.75, 3.05) is 18.4 Å². The summed E-state index contributed by atoms with van der Waals surface area (Å²) in [6.07, 6.45) is 4.29. The Balaban J connectivity index is 1.96. The van der Waals surface area contributed by atoms with Crippen LogP contribution in [0.1, 0.15) is 42.3 Å². The minimum absolute atomic E-state index is 0.00305. The molecule has 4 heteroatoms. The van der Waals surface area contributed by atoms with Gasteiger partial charge in [0.05, 0.1) is 0 Å². The van der Waals surface area contributed by atoms with Gasteiger partial charge in [-0.15, -0.1) is 0 Å². The molecule has 2 amide bonds. The molecule has 0 aliphatic carbocycles. The number of amides is 2. The Hall–Kier alpha value is -2.88. The van der Waals surface area contributed by atoms with Gasteiger partial charge >= 0.3 is 0 Å². The molecule has 136 valence electrons. The second kappa shape index (κ2) is 9.56. The largest absolute Gasteiger partial charge is 0.339 e. The van der Waals surface area contributed by atoms with E-state index in [1.165, 1.54) is 11.6 Å². The molecule has 0 spiro atoms. The summed E-state index contributed by atoms with van der Waals surface area (Å²) >= 11 is 0. The predicted molar refractivity (Wildman–Crippen MR) is 107 cm³/mol. The second-order valence-electron chi connectivity index (χ2n) is 5.97. The first-order valence-corrected chi connectivity index (χ1v) is 9.04. The van der Waals surface area contributed by atoms with Gasteiger partial charge in [-0.05, 0) is 61.7 Å². The highest BCUT2D eigenvalue weighted by molar-refractivity contribution is 6.02. The highest BCUT2D eigenvalue weighted by atomic mass is 16.2. The van der Waals surface area contributed by atoms with Crippen molar-refractivity contribution in [1.29, 1.82) is 0 Å². The fourth-order valence-corrected chi connectivity index (χ4v) is 2.61. The summed E-state index contributed by atoms with van der Waals surface area (Å²) in [4.78, 5) is 26.1. The molecule has 0 radical (unpaired) electrons. The Kier molecular flexibility index (Phi) is 7.15. The van der Waals surface area contributed by atoms with Crippen LogP contribution in [0.4, 0.5) is 5.69 Å². The van der Waals surface area contributed by atoms with E-state index < -0.39 is 0 Å². The molecule has 0 bridgehead atoms. The van der Waals surface area contributed by atoms with E-state index in [9.17, 15) is 9.59 Å². The number of carbonyl (C=O) groups is 2. The van der Waals surface area contributed by atoms with Crippen LogP contribution in [0, 0.1) is 0 Å². The summed E-state index contributed by atoms with van der Waals surface area (Å²) in [6.45, 7) is 7.38. The van der Waals surface area contributed by atoms with Crippen LogP contribution in [-0.4, -0.2) is 29.8 Å². The Bertz CT molecular complexity index is 758. The highest BCUT2D eigenvalue weighted by Gasteiger charge is 2.12. The molecule has 1 N–H and O–H groups in total. The normalized spacial score (nSPS) is 10.7. The molecule has 2 rings (SSSR count). The maximum Gasteiger partial charge on any atom is 0.253 e. The van der Waals surface area contributed by atoms with Gasteiger partial charge in [0.1, 0.15) is 0 Å². The quantitative estimate of drug-likeness (QED) is 0.753. The second-order valence-corrected chi connectivity index (χ2v) is 5.97. The van der Waals surface area contributed by atoms with Gasteiger partial charge in [0.25, 0.3) is 5.91 Å². The zero-order valence-electron chi connectivity index (χ0n) is 15.7. The van der Waals surface area contributed by atoms with E-state index in [1.807, 2.05) is 26.0 Å². The topological polar surface area (TPSA) is 49.4 Å². The lowest BCUT2D eigenvalue weighted by atomic mass is 10.1. The SMILES string of the molecule is CCc1ccc(/C=C/C(=O)Nc2ccc(C(=O)N(CC)CC)cc2)cc1. The van der Waals surface area contributed by atoms with Gasteiger partial charge in [0.15, 0.2) is 0 Å². The Morgan fingerprint density at radius 1 is 0.923 bits per heavy atom. The molecule has 0 unspecified atom stereocenters. The number of nitrogens with one attached hydrogen (secondary N) is 1. The molecule has 0 fully saturated rings. The van der Waals surface area contributed by atoms with Crippen LogP contribution in [0.15, 0.2) is 54.6 Å². The number of rotatable bonds is 7. The smallest absolute Gasteiger partial charge is 0.253 e. The molecule has 4 nitrogen and oxygen atoms in total. The molecule has 0 aliphatic heterocycles. The summed E-state index contributed by atoms with van der Waals surface area (Å²) < 4.78 is 0. The van der Waals surface area contributed by atoms with Gasteiger partial charge in [0.2, 0.25) is 5.91 Å². The lowest BCUT2D eigenvalue weighted by molar-refractivity contribution is -0.111. The maximum absolute atomic E-state index is 12.3. The average molecular weight is 350 g/mol. The fourth-order valence-electron chi connectivity index (χ4n) is 2.61. The zero-order chi connectivity index (χ0) is 18.9. The molecule has 0 heterocycles. The van der Waals surface area contributed by atoms with Crippen LogP contribution in [0.5, 0.6) is 0 Å². The van der Waals surface area contributed by atoms with Crippen molar-refractivity contribution in [3.05, 3.63) is 71.3 Å². The third-order valence-corrected chi connectivity index (χ3v) is 4.27. The summed E-state index contributed by atoms with van der Waals surface area (Å²) in [6, 6.07) is 15.1. The molecule has 0 atom stereocenters. The van der Waals surface area contributed by atoms with Crippen molar-refractivity contribution < 1.29 is 9.59 Å². The minimum atomic E-state index is -0.201. The van der Waals surface area contributed by atoms with Crippen LogP contribution in [-0.2, 0) is 11.2 Å². The molecule has 26 heavy (non-hydrogen) atoms. The Morgan fingerprint density at radius 3 is 2.08 bits per heavy atom. The van der Waals surface area contributed by atoms with Gasteiger partial charge in [-0.1, -0.05) is 31.2 Å². The molecular formula is C22H26N2O2. The van der Waals surface area contributed by atoms with Crippen LogP contribution in [0.2, 0.25) is 0 Å². The van der Waals surface area contributed by atoms with Crippen molar-refractivity contribution in [3.8, 4) is 0 Å². The molecule has 0 saturated heterocycles. The monoisotopic (exact) mass is 350 g/mol. The van der Waals surface area contributed by atoms with E-state index in [-0.39, 0.29) is 11.8 Å². The molecule has 0 aliphatic rings. The fraction of sp³-hybridized carbons (Fsp3) is 0.273. The average Bonchev–Trinajstić information content (AvgIpc) is 2.68. The summed E-state index contributed by atoms with van der Waals surface area (Å²) in [5.41, 5.74) is 3.54. The van der Waals surface area contributed by atoms with Crippen molar-refractivity contribution >= 4 is 23.6 Å². The van der Waals surface area contributed by atoms with Crippen LogP contribution in [0.25, 0.3) is 6.08 Å². The third-order valence-electron chi connectivity index (χ3n) is 4.27. The molecule has 0 aromatic heterocycles. The number of carbonyl (C=O) groups excluding carboxylic acids is 2. The first-order valence-electron chi connectivity index (χ1n) is 9.04. The van der Waals surface area contributed by atoms with Gasteiger partial charge in [0, 0.05) is 30.4 Å². The number of hydrogen-bond donors (Lipinski definition) is 1. The van der Waals surface area contributed by atoms with E-state index in [0.717, 1.165) is 12.0 Å². The minimum Gasteiger partial charge on any atom is -0.339 e. The van der Waals surface area contributed by atoms with Crippen molar-refractivity contribution in [2.45, 2.75) is 27.2 Å². The van der Waals surface area contributed by atoms with E-state index in [0.29, 0.717) is 24.3 Å². The van der Waals surface area contributed by atoms with Gasteiger partial charge in [-0.25, -0.2) is 0 Å². The standard InChI is InChI=1S/C22H26N2O2/c1-4-17-7-9-18(10-8-17)11-16-21(25)23-20-14-12-19(13-15-20)22(26)24(5-2)6-3/h7-16H,4-6H2,1-3H3,(H,23,25)/b16-11+. The number of hydrogen-bond acceptors (Lipinski definition) is 2. The van der Waals surface area contributed by atoms with E-state index in [4.69, 9.17) is 0 Å². The maximum atomic E-state index is 12.3. The molecule has 0 saturated carbocycles. The third kappa shape index (κ3) is 5.31. The summed E-state index contributed by atoms with van der Waals surface area (Å²) in [5, 5.41) is 2.81. The first-order chi connectivity index (χ1) is 12.6. The van der Waals surface area contributed by atoms with Crippen molar-refractivity contribution in [2.24, 2.45) is 0 Å². The van der Waals surface area contributed by atoms with Crippen LogP contribution in [0.3, 0.4) is 0 Å². The first kappa shape index (κ1) is 19.4. The van der Waals surface area contributed by atoms with Crippen LogP contribution < -0.4 is 5.32 Å². The number of benzene rings is 2. The zero-order valence-corrected chi connectivity index (χ0v) is 15.7. The Labute approximate surface area is 155 Å². The van der Waals surface area contributed by atoms with E-state index >= 15 is 0 Å². The van der Waals surface area contributed by atoms with Gasteiger partial charge < -0.3 is 10.2 Å². The van der Waals surface area contributed by atoms with E-state index in [2.05, 4.69) is 24.4 Å². The van der Waals surface area contributed by atoms with Crippen molar-refractivity contribution in [1.82, 2.24) is 4.90 Å². The molecule has 2 aromatic carbocycles.